The quantitative estimate of drug-likeness (QED) is 0.178. The van der Waals surface area contributed by atoms with E-state index in [2.05, 4.69) is 36.4 Å². The largest absolute Gasteiger partial charge is 0.465 e. The van der Waals surface area contributed by atoms with Gasteiger partial charge in [0, 0.05) is 114 Å². The van der Waals surface area contributed by atoms with E-state index in [4.69, 9.17) is 0 Å². The van der Waals surface area contributed by atoms with Gasteiger partial charge in [0.2, 0.25) is 0 Å². The minimum Gasteiger partial charge on any atom is -0.465 e. The number of amides is 4. The number of rotatable bonds is 13. The van der Waals surface area contributed by atoms with Crippen LogP contribution in [0.3, 0.4) is 0 Å². The summed E-state index contributed by atoms with van der Waals surface area (Å²) in [7, 11) is -3.89. The number of esters is 2. The molecule has 4 amide bonds. The molecule has 0 radical (unpaired) electrons. The third-order valence-electron chi connectivity index (χ3n) is 13.7. The van der Waals surface area contributed by atoms with Gasteiger partial charge in [-0.15, -0.1) is 12.4 Å². The fourth-order valence-corrected chi connectivity index (χ4v) is 11.5. The van der Waals surface area contributed by atoms with E-state index in [-0.39, 0.29) is 103 Å². The summed E-state index contributed by atoms with van der Waals surface area (Å²) in [6.45, 7) is 12.9. The lowest BCUT2D eigenvalue weighted by atomic mass is 10.1. The normalized spacial score (nSPS) is 17.9. The monoisotopic (exact) mass is 1100 g/mol. The zero-order chi connectivity index (χ0) is 53.0. The number of urea groups is 2. The van der Waals surface area contributed by atoms with Crippen molar-refractivity contribution in [2.24, 2.45) is 0 Å². The molecule has 0 aromatic heterocycles. The fraction of sp³-hybridized carbons (Fsp3) is 0.462. The number of carbonyl (C=O) groups is 4. The zero-order valence-electron chi connectivity index (χ0n) is 42.6. The number of ether oxygens (including phenoxy) is 2. The number of nitrogens with one attached hydrogen (secondary N) is 1. The highest BCUT2D eigenvalue weighted by molar-refractivity contribution is 7.91. The van der Waals surface area contributed by atoms with Crippen molar-refractivity contribution in [3.63, 3.8) is 0 Å². The molecule has 4 aliphatic heterocycles. The van der Waals surface area contributed by atoms with E-state index in [9.17, 15) is 44.8 Å². The van der Waals surface area contributed by atoms with E-state index in [1.165, 1.54) is 58.1 Å². The molecule has 0 saturated carbocycles. The Morgan fingerprint density at radius 1 is 0.533 bits per heavy atom. The van der Waals surface area contributed by atoms with Crippen molar-refractivity contribution in [3.05, 3.63) is 130 Å². The molecule has 4 saturated heterocycles. The molecule has 4 aromatic rings. The molecule has 4 aromatic carbocycles. The van der Waals surface area contributed by atoms with E-state index >= 15 is 0 Å². The second-order valence-electron chi connectivity index (χ2n) is 18.7. The van der Waals surface area contributed by atoms with Crippen LogP contribution in [-0.4, -0.2) is 188 Å². The van der Waals surface area contributed by atoms with Crippen molar-refractivity contribution >= 4 is 67.5 Å². The summed E-state index contributed by atoms with van der Waals surface area (Å²) in [5, 5.41) is 3.33. The minimum absolute atomic E-state index is 0. The van der Waals surface area contributed by atoms with Crippen LogP contribution >= 0.6 is 12.4 Å². The molecule has 0 aliphatic carbocycles. The Morgan fingerprint density at radius 3 is 1.24 bits per heavy atom. The van der Waals surface area contributed by atoms with Gasteiger partial charge in [-0.3, -0.25) is 19.6 Å². The summed E-state index contributed by atoms with van der Waals surface area (Å²) in [5.74, 6) is -2.95. The first kappa shape index (κ1) is 58.5. The molecule has 0 bridgehead atoms. The van der Waals surface area contributed by atoms with E-state index in [1.54, 1.807) is 0 Å². The number of methoxy groups -OCH3 is 2. The molecule has 75 heavy (non-hydrogen) atoms. The standard InChI is InChI=1S/C27H35FN4O5S.C25H31FN4O5S.ClH/c1-3-29-10-12-30(13-11-29)19-21-4-8-24(9-5-21)32(27(34)31-14-16-38(35,36)17-15-31)20-23-7-6-22(18-25(23)28)26(33)37-2;1-35-24(31)20-4-5-21(23(26)16-20)18-30(25(32)29-12-14-36(33,34)15-13-29)22-6-2-19(3-7-22)17-28-10-8-27-9-11-28;/h4-9,18H,3,10-17,19-20H2,1-2H3;2-7,16,27H,8-15,17-18H2,1H3;1H. The lowest BCUT2D eigenvalue weighted by Crippen LogP contribution is -2.49. The Bertz CT molecular complexity index is 2810. The van der Waals surface area contributed by atoms with Crippen LogP contribution in [0.4, 0.5) is 29.7 Å². The van der Waals surface area contributed by atoms with Gasteiger partial charge < -0.3 is 29.5 Å². The summed E-state index contributed by atoms with van der Waals surface area (Å²) in [6, 6.07) is 22.4. The van der Waals surface area contributed by atoms with Crippen LogP contribution in [0.1, 0.15) is 49.9 Å². The Labute approximate surface area is 444 Å². The molecule has 0 spiro atoms. The van der Waals surface area contributed by atoms with Crippen molar-refractivity contribution in [2.45, 2.75) is 33.1 Å². The number of nitrogens with zero attached hydrogens (tertiary/aromatic N) is 7. The van der Waals surface area contributed by atoms with Crippen LogP contribution in [0.2, 0.25) is 0 Å². The predicted octanol–water partition coefficient (Wildman–Crippen LogP) is 4.90. The number of benzene rings is 4. The first-order valence-electron chi connectivity index (χ1n) is 24.8. The molecular weight excluding hydrogens is 1030 g/mol. The van der Waals surface area contributed by atoms with Crippen LogP contribution in [0, 0.1) is 11.6 Å². The summed E-state index contributed by atoms with van der Waals surface area (Å²) in [4.78, 5) is 63.6. The number of piperazine rings is 2. The number of halogens is 3. The third kappa shape index (κ3) is 16.1. The molecule has 4 aliphatic rings. The lowest BCUT2D eigenvalue weighted by molar-refractivity contribution is 0.0591. The number of carbonyl (C=O) groups excluding carboxylic acids is 4. The second-order valence-corrected chi connectivity index (χ2v) is 23.3. The van der Waals surface area contributed by atoms with Crippen LogP contribution in [0.15, 0.2) is 84.9 Å². The molecule has 408 valence electrons. The Kier molecular flexibility index (Phi) is 20.9. The Balaban J connectivity index is 0.000000241. The summed E-state index contributed by atoms with van der Waals surface area (Å²) >= 11 is 0. The maximum atomic E-state index is 15.0. The zero-order valence-corrected chi connectivity index (χ0v) is 45.1. The first-order chi connectivity index (χ1) is 35.4. The van der Waals surface area contributed by atoms with Gasteiger partial charge in [-0.2, -0.15) is 0 Å². The minimum atomic E-state index is -3.17. The predicted molar refractivity (Wildman–Crippen MR) is 285 cm³/mol. The Morgan fingerprint density at radius 2 is 0.893 bits per heavy atom. The van der Waals surface area contributed by atoms with Gasteiger partial charge in [-0.25, -0.2) is 44.8 Å². The third-order valence-corrected chi connectivity index (χ3v) is 16.9. The number of hydrogen-bond donors (Lipinski definition) is 1. The molecule has 18 nitrogen and oxygen atoms in total. The molecule has 1 N–H and O–H groups in total. The van der Waals surface area contributed by atoms with Gasteiger partial charge in [0.1, 0.15) is 11.6 Å². The number of sulfone groups is 2. The van der Waals surface area contributed by atoms with Crippen LogP contribution < -0.4 is 15.1 Å². The topological polar surface area (TPSA) is 190 Å². The lowest BCUT2D eigenvalue weighted by Gasteiger charge is -2.34. The van der Waals surface area contributed by atoms with Gasteiger partial charge in [0.25, 0.3) is 0 Å². The number of hydrogen-bond acceptors (Lipinski definition) is 14. The van der Waals surface area contributed by atoms with Gasteiger partial charge in [0.15, 0.2) is 19.7 Å². The summed E-state index contributed by atoms with van der Waals surface area (Å²) < 4.78 is 86.7. The average Bonchev–Trinajstić information content (AvgIpc) is 3.40. The summed E-state index contributed by atoms with van der Waals surface area (Å²) in [6.07, 6.45) is 0. The SMILES string of the molecule is CCN1CCN(Cc2ccc(N(Cc3ccc(C(=O)OC)cc3F)C(=O)N3CCS(=O)(=O)CC3)cc2)CC1.COC(=O)c1ccc(CN(C(=O)N2CCS(=O)(=O)CC2)c2ccc(CN3CCNCC3)cc2)c(F)c1.Cl. The van der Waals surface area contributed by atoms with Crippen molar-refractivity contribution in [1.29, 1.82) is 0 Å². The van der Waals surface area contributed by atoms with E-state index < -0.39 is 49.3 Å². The van der Waals surface area contributed by atoms with Gasteiger partial charge in [0.05, 0.1) is 61.4 Å². The highest BCUT2D eigenvalue weighted by atomic mass is 35.5. The molecule has 8 rings (SSSR count). The smallest absolute Gasteiger partial charge is 0.337 e. The molecular formula is C52H67ClF2N8O10S2. The first-order valence-corrected chi connectivity index (χ1v) is 28.4. The van der Waals surface area contributed by atoms with E-state index in [0.717, 1.165) is 95.3 Å². The van der Waals surface area contributed by atoms with E-state index in [1.807, 2.05) is 48.5 Å². The van der Waals surface area contributed by atoms with Crippen LogP contribution in [-0.2, 0) is 55.3 Å². The Hall–Kier alpha value is -5.75. The van der Waals surface area contributed by atoms with Crippen molar-refractivity contribution in [2.75, 3.05) is 132 Å². The van der Waals surface area contributed by atoms with E-state index in [0.29, 0.717) is 11.4 Å². The highest BCUT2D eigenvalue weighted by Gasteiger charge is 2.32. The molecule has 0 unspecified atom stereocenters. The molecule has 4 fully saturated rings. The second kappa shape index (κ2) is 26.8. The van der Waals surface area contributed by atoms with Crippen LogP contribution in [0.25, 0.3) is 0 Å². The molecule has 4 heterocycles. The van der Waals surface area contributed by atoms with Gasteiger partial charge >= 0.3 is 24.0 Å². The maximum Gasteiger partial charge on any atom is 0.337 e. The maximum absolute atomic E-state index is 15.0. The summed E-state index contributed by atoms with van der Waals surface area (Å²) in [5.41, 5.74) is 3.99. The van der Waals surface area contributed by atoms with Gasteiger partial charge in [-0.05, 0) is 66.2 Å². The fourth-order valence-electron chi connectivity index (χ4n) is 9.08. The highest BCUT2D eigenvalue weighted by Crippen LogP contribution is 2.26. The van der Waals surface area contributed by atoms with Crippen molar-refractivity contribution in [1.82, 2.24) is 29.8 Å². The molecule has 23 heteroatoms. The van der Waals surface area contributed by atoms with Crippen molar-refractivity contribution in [3.8, 4) is 0 Å². The van der Waals surface area contributed by atoms with Gasteiger partial charge in [-0.1, -0.05) is 43.3 Å². The molecule has 0 atom stereocenters. The average molecular weight is 1100 g/mol. The number of likely N-dealkylation sites (N-methyl/N-ethyl adjacent to an activating group) is 1. The number of anilines is 2. The van der Waals surface area contributed by atoms with Crippen molar-refractivity contribution < 1.29 is 54.3 Å². The van der Waals surface area contributed by atoms with Crippen LogP contribution in [0.5, 0.6) is 0 Å².